The van der Waals surface area contributed by atoms with Crippen molar-refractivity contribution in [2.75, 3.05) is 13.2 Å². The van der Waals surface area contributed by atoms with Gasteiger partial charge in [0.1, 0.15) is 5.75 Å². The highest BCUT2D eigenvalue weighted by Gasteiger charge is 2.56. The molecule has 0 radical (unpaired) electrons. The summed E-state index contributed by atoms with van der Waals surface area (Å²) in [6, 6.07) is 6.91. The van der Waals surface area contributed by atoms with E-state index in [1.807, 2.05) is 19.1 Å². The number of hydrogen-bond donors (Lipinski definition) is 4. The number of carbonyl (C=O) groups excluding carboxylic acids is 2. The van der Waals surface area contributed by atoms with E-state index in [0.29, 0.717) is 24.0 Å². The van der Waals surface area contributed by atoms with E-state index < -0.39 is 23.9 Å². The predicted molar refractivity (Wildman–Crippen MR) is 137 cm³/mol. The average Bonchev–Trinajstić information content (AvgIpc) is 3.14. The number of imide groups is 1. The summed E-state index contributed by atoms with van der Waals surface area (Å²) in [6.07, 6.45) is 7.80. The first kappa shape index (κ1) is 26.6. The number of likely N-dealkylation sites (tertiary alicyclic amines) is 1. The highest BCUT2D eigenvalue weighted by atomic mass is 16.3. The SMILES string of the molecule is CC/C(=C\c1cccc(O)c1)CC[C@@H](O)C1=C(CO)C[C@H]2C(=O)N(C3CCCCC3)C(=O)[C@H]2[C@H]1CO. The van der Waals surface area contributed by atoms with E-state index >= 15 is 0 Å². The number of phenols is 1. The molecule has 3 aliphatic rings. The molecule has 1 heterocycles. The summed E-state index contributed by atoms with van der Waals surface area (Å²) < 4.78 is 0. The molecule has 0 unspecified atom stereocenters. The van der Waals surface area contributed by atoms with Crippen LogP contribution in [0.2, 0.25) is 0 Å². The van der Waals surface area contributed by atoms with Crippen molar-refractivity contribution in [2.24, 2.45) is 17.8 Å². The summed E-state index contributed by atoms with van der Waals surface area (Å²) in [5, 5.41) is 41.5. The Kier molecular flexibility index (Phi) is 8.65. The molecular weight excluding hydrogens is 458 g/mol. The molecule has 4 atom stereocenters. The number of rotatable bonds is 9. The predicted octanol–water partition coefficient (Wildman–Crippen LogP) is 3.56. The number of amides is 2. The lowest BCUT2D eigenvalue weighted by molar-refractivity contribution is -0.143. The van der Waals surface area contributed by atoms with E-state index in [-0.39, 0.29) is 43.2 Å². The van der Waals surface area contributed by atoms with Crippen molar-refractivity contribution >= 4 is 17.9 Å². The molecule has 1 aromatic rings. The Hall–Kier alpha value is -2.48. The number of carbonyl (C=O) groups is 2. The van der Waals surface area contributed by atoms with E-state index in [1.54, 1.807) is 18.2 Å². The van der Waals surface area contributed by atoms with Gasteiger partial charge in [0.05, 0.1) is 31.2 Å². The first-order valence-corrected chi connectivity index (χ1v) is 13.4. The summed E-state index contributed by atoms with van der Waals surface area (Å²) >= 11 is 0. The van der Waals surface area contributed by atoms with Crippen LogP contribution in [0.1, 0.15) is 70.3 Å². The minimum atomic E-state index is -0.934. The van der Waals surface area contributed by atoms with Crippen LogP contribution in [0.4, 0.5) is 0 Å². The van der Waals surface area contributed by atoms with Gasteiger partial charge in [-0.05, 0) is 67.4 Å². The lowest BCUT2D eigenvalue weighted by atomic mass is 9.68. The van der Waals surface area contributed by atoms with E-state index in [9.17, 15) is 30.0 Å². The molecular formula is C29H39NO6. The Labute approximate surface area is 213 Å². The number of fused-ring (bicyclic) bond motifs is 1. The Morgan fingerprint density at radius 3 is 2.53 bits per heavy atom. The molecule has 0 aromatic heterocycles. The third-order valence-electron chi connectivity index (χ3n) is 8.34. The smallest absolute Gasteiger partial charge is 0.234 e. The van der Waals surface area contributed by atoms with Crippen LogP contribution in [0.25, 0.3) is 6.08 Å². The second-order valence-corrected chi connectivity index (χ2v) is 10.5. The topological polar surface area (TPSA) is 118 Å². The Morgan fingerprint density at radius 1 is 1.14 bits per heavy atom. The van der Waals surface area contributed by atoms with E-state index in [2.05, 4.69) is 0 Å². The summed E-state index contributed by atoms with van der Waals surface area (Å²) in [4.78, 5) is 28.3. The maximum Gasteiger partial charge on any atom is 0.234 e. The molecule has 1 saturated heterocycles. The van der Waals surface area contributed by atoms with Gasteiger partial charge in [-0.1, -0.05) is 50.0 Å². The molecule has 7 nitrogen and oxygen atoms in total. The first-order valence-electron chi connectivity index (χ1n) is 13.4. The van der Waals surface area contributed by atoms with Crippen LogP contribution in [-0.2, 0) is 9.59 Å². The fraction of sp³-hybridized carbons (Fsp3) is 0.586. The summed E-state index contributed by atoms with van der Waals surface area (Å²) in [6.45, 7) is 1.37. The minimum Gasteiger partial charge on any atom is -0.508 e. The van der Waals surface area contributed by atoms with Gasteiger partial charge in [0.25, 0.3) is 0 Å². The van der Waals surface area contributed by atoms with Crippen molar-refractivity contribution in [1.82, 2.24) is 4.90 Å². The van der Waals surface area contributed by atoms with E-state index in [4.69, 9.17) is 0 Å². The number of hydrogen-bond acceptors (Lipinski definition) is 6. The highest BCUT2D eigenvalue weighted by molar-refractivity contribution is 6.06. The number of allylic oxidation sites excluding steroid dienone is 1. The number of aliphatic hydroxyl groups excluding tert-OH is 3. The number of nitrogens with zero attached hydrogens (tertiary/aromatic N) is 1. The zero-order chi connectivity index (χ0) is 25.8. The molecule has 2 amide bonds. The van der Waals surface area contributed by atoms with Crippen molar-refractivity contribution in [3.05, 3.63) is 46.5 Å². The van der Waals surface area contributed by atoms with Gasteiger partial charge < -0.3 is 20.4 Å². The highest BCUT2D eigenvalue weighted by Crippen LogP contribution is 2.47. The molecule has 1 aliphatic heterocycles. The molecule has 4 N–H and O–H groups in total. The quantitative estimate of drug-likeness (QED) is 0.306. The van der Waals surface area contributed by atoms with Crippen LogP contribution >= 0.6 is 0 Å². The monoisotopic (exact) mass is 497 g/mol. The fourth-order valence-electron chi connectivity index (χ4n) is 6.51. The fourth-order valence-corrected chi connectivity index (χ4v) is 6.51. The lowest BCUT2D eigenvalue weighted by Crippen LogP contribution is -2.42. The molecule has 1 saturated carbocycles. The molecule has 196 valence electrons. The average molecular weight is 498 g/mol. The summed E-state index contributed by atoms with van der Waals surface area (Å²) in [5.41, 5.74) is 3.07. The van der Waals surface area contributed by atoms with Gasteiger partial charge in [0, 0.05) is 12.0 Å². The normalized spacial score (nSPS) is 26.5. The standard InChI is InChI=1S/C29H39NO6/c1-2-18(13-19-7-6-10-22(33)14-19)11-12-25(34)26-20(16-31)15-23-27(24(26)17-32)29(36)30(28(23)35)21-8-4-3-5-9-21/h6-7,10,13-14,21,23-25,27,31-34H,2-5,8-9,11-12,15-17H2,1H3/b18-13+/t23-,24+,25-,27-/m1/s1. The minimum absolute atomic E-state index is 0.0793. The number of aliphatic hydroxyl groups is 3. The first-order chi connectivity index (χ1) is 17.4. The van der Waals surface area contributed by atoms with Gasteiger partial charge in [-0.25, -0.2) is 0 Å². The van der Waals surface area contributed by atoms with Crippen LogP contribution in [-0.4, -0.2) is 62.5 Å². The Morgan fingerprint density at radius 2 is 1.89 bits per heavy atom. The van der Waals surface area contributed by atoms with Crippen LogP contribution in [0, 0.1) is 17.8 Å². The van der Waals surface area contributed by atoms with Gasteiger partial charge in [-0.2, -0.15) is 0 Å². The Balaban J connectivity index is 1.54. The van der Waals surface area contributed by atoms with Crippen LogP contribution in [0.15, 0.2) is 41.0 Å². The zero-order valence-corrected chi connectivity index (χ0v) is 21.1. The molecule has 2 fully saturated rings. The van der Waals surface area contributed by atoms with Crippen LogP contribution in [0.5, 0.6) is 5.75 Å². The molecule has 4 rings (SSSR count). The van der Waals surface area contributed by atoms with E-state index in [1.165, 1.54) is 4.90 Å². The van der Waals surface area contributed by atoms with Crippen molar-refractivity contribution in [2.45, 2.75) is 76.9 Å². The van der Waals surface area contributed by atoms with Crippen LogP contribution < -0.4 is 0 Å². The maximum absolute atomic E-state index is 13.5. The van der Waals surface area contributed by atoms with Crippen molar-refractivity contribution in [3.63, 3.8) is 0 Å². The van der Waals surface area contributed by atoms with Crippen molar-refractivity contribution < 1.29 is 30.0 Å². The number of aromatic hydroxyl groups is 1. The number of phenolic OH excluding ortho intramolecular Hbond substituents is 1. The van der Waals surface area contributed by atoms with Gasteiger partial charge in [-0.15, -0.1) is 0 Å². The second-order valence-electron chi connectivity index (χ2n) is 10.5. The maximum atomic E-state index is 13.5. The molecule has 7 heteroatoms. The van der Waals surface area contributed by atoms with Crippen molar-refractivity contribution in [1.29, 1.82) is 0 Å². The lowest BCUT2D eigenvalue weighted by Gasteiger charge is -2.36. The van der Waals surface area contributed by atoms with Gasteiger partial charge in [-0.3, -0.25) is 14.5 Å². The second kappa shape index (κ2) is 11.7. The van der Waals surface area contributed by atoms with Gasteiger partial charge >= 0.3 is 0 Å². The van der Waals surface area contributed by atoms with Crippen molar-refractivity contribution in [3.8, 4) is 5.75 Å². The molecule has 0 bridgehead atoms. The zero-order valence-electron chi connectivity index (χ0n) is 21.1. The summed E-state index contributed by atoms with van der Waals surface area (Å²) in [5.74, 6) is -2.15. The van der Waals surface area contributed by atoms with Crippen LogP contribution in [0.3, 0.4) is 0 Å². The molecule has 1 aromatic carbocycles. The third-order valence-corrected chi connectivity index (χ3v) is 8.34. The third kappa shape index (κ3) is 5.29. The van der Waals surface area contributed by atoms with Gasteiger partial charge in [0.2, 0.25) is 11.8 Å². The largest absolute Gasteiger partial charge is 0.508 e. The molecule has 2 aliphatic carbocycles. The van der Waals surface area contributed by atoms with Gasteiger partial charge in [0.15, 0.2) is 0 Å². The van der Waals surface area contributed by atoms with E-state index in [0.717, 1.165) is 49.7 Å². The molecule has 0 spiro atoms. The summed E-state index contributed by atoms with van der Waals surface area (Å²) in [7, 11) is 0. The molecule has 36 heavy (non-hydrogen) atoms. The number of benzene rings is 1. The Bertz CT molecular complexity index is 1020.